The Morgan fingerprint density at radius 2 is 1.84 bits per heavy atom. The molecule has 4 aromatic rings. The van der Waals surface area contributed by atoms with Gasteiger partial charge in [0.05, 0.1) is 29.3 Å². The van der Waals surface area contributed by atoms with Gasteiger partial charge in [0.25, 0.3) is 11.6 Å². The Hall–Kier alpha value is -4.44. The number of anilines is 1. The molecule has 0 saturated heterocycles. The summed E-state index contributed by atoms with van der Waals surface area (Å²) in [5.74, 6) is 0.640. The average molecular weight is 563 g/mol. The Balaban J connectivity index is 1.34. The number of rotatable bonds is 10. The van der Waals surface area contributed by atoms with Gasteiger partial charge in [-0.25, -0.2) is 5.43 Å². The first-order valence-electron chi connectivity index (χ1n) is 11.2. The SMILES string of the molecule is COc1cc(/C=N\NC(=O)CNc2cccc3ccccc23)cc(Br)c1OCc1ccc([N+](=O)[O-])cc1. The minimum atomic E-state index is -0.450. The fourth-order valence-electron chi connectivity index (χ4n) is 3.60. The summed E-state index contributed by atoms with van der Waals surface area (Å²) in [6.45, 7) is 0.258. The lowest BCUT2D eigenvalue weighted by Crippen LogP contribution is -2.25. The quantitative estimate of drug-likeness (QED) is 0.146. The number of methoxy groups -OCH3 is 1. The number of carbonyl (C=O) groups excluding carboxylic acids is 1. The lowest BCUT2D eigenvalue weighted by atomic mass is 10.1. The largest absolute Gasteiger partial charge is 0.493 e. The number of benzene rings is 4. The Kier molecular flexibility index (Phi) is 8.32. The van der Waals surface area contributed by atoms with Gasteiger partial charge in [-0.2, -0.15) is 5.10 Å². The molecule has 0 unspecified atom stereocenters. The van der Waals surface area contributed by atoms with E-state index in [1.807, 2.05) is 42.5 Å². The van der Waals surface area contributed by atoms with Crippen molar-refractivity contribution in [1.82, 2.24) is 5.43 Å². The van der Waals surface area contributed by atoms with Gasteiger partial charge in [0, 0.05) is 23.2 Å². The molecule has 4 rings (SSSR count). The summed E-state index contributed by atoms with van der Waals surface area (Å²) in [5.41, 5.74) is 4.84. The highest BCUT2D eigenvalue weighted by Gasteiger charge is 2.12. The predicted molar refractivity (Wildman–Crippen MR) is 146 cm³/mol. The number of hydrazone groups is 1. The minimum absolute atomic E-state index is 0.0163. The van der Waals surface area contributed by atoms with Crippen LogP contribution in [0.5, 0.6) is 11.5 Å². The lowest BCUT2D eigenvalue weighted by Gasteiger charge is -2.13. The molecular weight excluding hydrogens is 540 g/mol. The van der Waals surface area contributed by atoms with E-state index < -0.39 is 4.92 Å². The van der Waals surface area contributed by atoms with Crippen molar-refractivity contribution in [3.63, 3.8) is 0 Å². The van der Waals surface area contributed by atoms with Gasteiger partial charge in [-0.3, -0.25) is 14.9 Å². The monoisotopic (exact) mass is 562 g/mol. The van der Waals surface area contributed by atoms with Crippen LogP contribution in [0.2, 0.25) is 0 Å². The fourth-order valence-corrected chi connectivity index (χ4v) is 4.17. The number of non-ortho nitro benzene ring substituents is 1. The van der Waals surface area contributed by atoms with Crippen LogP contribution in [-0.2, 0) is 11.4 Å². The Bertz CT molecular complexity index is 1450. The number of amides is 1. The van der Waals surface area contributed by atoms with Crippen LogP contribution in [0.3, 0.4) is 0 Å². The standard InChI is InChI=1S/C27H23BrN4O5/c1-36-25-14-19(13-23(28)27(25)37-17-18-9-11-21(12-10-18)32(34)35)15-30-31-26(33)16-29-24-8-4-6-20-5-2-3-7-22(20)24/h2-15,29H,16-17H2,1H3,(H,31,33)/b30-15-. The summed E-state index contributed by atoms with van der Waals surface area (Å²) in [6, 6.07) is 23.4. The number of nitrogens with zero attached hydrogens (tertiary/aromatic N) is 2. The van der Waals surface area contributed by atoms with Crippen molar-refractivity contribution in [2.45, 2.75) is 6.61 Å². The van der Waals surface area contributed by atoms with Crippen molar-refractivity contribution >= 4 is 50.2 Å². The van der Waals surface area contributed by atoms with Gasteiger partial charge in [-0.15, -0.1) is 0 Å². The third-order valence-corrected chi connectivity index (χ3v) is 6.00. The molecule has 0 spiro atoms. The first-order valence-corrected chi connectivity index (χ1v) is 12.0. The highest BCUT2D eigenvalue weighted by Crippen LogP contribution is 2.37. The van der Waals surface area contributed by atoms with Crippen molar-refractivity contribution in [2.75, 3.05) is 19.0 Å². The van der Waals surface area contributed by atoms with Gasteiger partial charge in [0.1, 0.15) is 6.61 Å². The van der Waals surface area contributed by atoms with E-state index in [2.05, 4.69) is 31.8 Å². The van der Waals surface area contributed by atoms with Gasteiger partial charge in [-0.05, 0) is 62.8 Å². The molecule has 0 atom stereocenters. The summed E-state index contributed by atoms with van der Waals surface area (Å²) in [6.07, 6.45) is 1.50. The number of hydrogen-bond donors (Lipinski definition) is 2. The lowest BCUT2D eigenvalue weighted by molar-refractivity contribution is -0.384. The highest BCUT2D eigenvalue weighted by atomic mass is 79.9. The van der Waals surface area contributed by atoms with Crippen molar-refractivity contribution in [2.24, 2.45) is 5.10 Å². The van der Waals surface area contributed by atoms with Crippen LogP contribution in [0.15, 0.2) is 88.4 Å². The number of nitrogens with one attached hydrogen (secondary N) is 2. The summed E-state index contributed by atoms with van der Waals surface area (Å²) in [5, 5.41) is 20.1. The van der Waals surface area contributed by atoms with Crippen LogP contribution < -0.4 is 20.2 Å². The number of carbonyl (C=O) groups is 1. The second kappa shape index (κ2) is 12.0. The maximum Gasteiger partial charge on any atom is 0.269 e. The highest BCUT2D eigenvalue weighted by molar-refractivity contribution is 9.10. The van der Waals surface area contributed by atoms with Gasteiger partial charge in [0.15, 0.2) is 11.5 Å². The van der Waals surface area contributed by atoms with E-state index >= 15 is 0 Å². The molecule has 0 bridgehead atoms. The summed E-state index contributed by atoms with van der Waals surface area (Å²) in [4.78, 5) is 22.6. The molecule has 0 aliphatic carbocycles. The molecule has 37 heavy (non-hydrogen) atoms. The van der Waals surface area contributed by atoms with Crippen LogP contribution in [0, 0.1) is 10.1 Å². The number of nitro benzene ring substituents is 1. The smallest absolute Gasteiger partial charge is 0.269 e. The molecule has 0 saturated carbocycles. The second-order valence-electron chi connectivity index (χ2n) is 7.92. The molecule has 0 aliphatic heterocycles. The molecular formula is C27H23BrN4O5. The summed E-state index contributed by atoms with van der Waals surface area (Å²) >= 11 is 3.48. The normalized spacial score (nSPS) is 10.9. The number of hydrogen-bond acceptors (Lipinski definition) is 7. The molecule has 0 aliphatic rings. The fraction of sp³-hybridized carbons (Fsp3) is 0.111. The maximum atomic E-state index is 12.3. The van der Waals surface area contributed by atoms with Crippen LogP contribution in [0.25, 0.3) is 10.8 Å². The molecule has 10 heteroatoms. The van der Waals surface area contributed by atoms with E-state index in [0.717, 1.165) is 22.0 Å². The Morgan fingerprint density at radius 1 is 1.08 bits per heavy atom. The zero-order chi connectivity index (χ0) is 26.2. The summed E-state index contributed by atoms with van der Waals surface area (Å²) < 4.78 is 12.0. The average Bonchev–Trinajstić information content (AvgIpc) is 2.91. The van der Waals surface area contributed by atoms with Crippen LogP contribution in [0.4, 0.5) is 11.4 Å². The molecule has 0 aromatic heterocycles. The molecule has 0 fully saturated rings. The van der Waals surface area contributed by atoms with Gasteiger partial charge < -0.3 is 14.8 Å². The molecule has 1 amide bonds. The molecule has 0 heterocycles. The first kappa shape index (κ1) is 25.6. The number of nitro groups is 1. The van der Waals surface area contributed by atoms with E-state index in [0.29, 0.717) is 21.5 Å². The van der Waals surface area contributed by atoms with E-state index in [-0.39, 0.29) is 24.7 Å². The van der Waals surface area contributed by atoms with Gasteiger partial charge >= 0.3 is 0 Å². The van der Waals surface area contributed by atoms with Crippen LogP contribution >= 0.6 is 15.9 Å². The van der Waals surface area contributed by atoms with Crippen molar-refractivity contribution in [3.05, 3.63) is 105 Å². The predicted octanol–water partition coefficient (Wildman–Crippen LogP) is 5.66. The number of halogens is 1. The molecule has 0 radical (unpaired) electrons. The van der Waals surface area contributed by atoms with Crippen molar-refractivity contribution < 1.29 is 19.2 Å². The first-order chi connectivity index (χ1) is 17.9. The topological polar surface area (TPSA) is 115 Å². The zero-order valence-electron chi connectivity index (χ0n) is 19.8. The van der Waals surface area contributed by atoms with Crippen molar-refractivity contribution in [1.29, 1.82) is 0 Å². The van der Waals surface area contributed by atoms with Crippen molar-refractivity contribution in [3.8, 4) is 11.5 Å². The molecule has 2 N–H and O–H groups in total. The molecule has 188 valence electrons. The Morgan fingerprint density at radius 3 is 2.59 bits per heavy atom. The third kappa shape index (κ3) is 6.62. The van der Waals surface area contributed by atoms with Gasteiger partial charge in [-0.1, -0.05) is 36.4 Å². The van der Waals surface area contributed by atoms with E-state index in [1.165, 1.54) is 25.5 Å². The third-order valence-electron chi connectivity index (χ3n) is 5.41. The van der Waals surface area contributed by atoms with Crippen LogP contribution in [-0.4, -0.2) is 30.7 Å². The van der Waals surface area contributed by atoms with Crippen LogP contribution in [0.1, 0.15) is 11.1 Å². The zero-order valence-corrected chi connectivity index (χ0v) is 21.4. The Labute approximate surface area is 221 Å². The number of fused-ring (bicyclic) bond motifs is 1. The van der Waals surface area contributed by atoms with E-state index in [4.69, 9.17) is 9.47 Å². The van der Waals surface area contributed by atoms with E-state index in [1.54, 1.807) is 24.3 Å². The van der Waals surface area contributed by atoms with E-state index in [9.17, 15) is 14.9 Å². The summed E-state index contributed by atoms with van der Waals surface area (Å²) in [7, 11) is 1.52. The van der Waals surface area contributed by atoms with Gasteiger partial charge in [0.2, 0.25) is 0 Å². The molecule has 4 aromatic carbocycles. The minimum Gasteiger partial charge on any atom is -0.493 e. The molecule has 9 nitrogen and oxygen atoms in total. The maximum absolute atomic E-state index is 12.3. The second-order valence-corrected chi connectivity index (χ2v) is 8.77. The number of ether oxygens (including phenoxy) is 2.